The zero-order chi connectivity index (χ0) is 11.1. The summed E-state index contributed by atoms with van der Waals surface area (Å²) in [6.45, 7) is 5.47. The van der Waals surface area contributed by atoms with E-state index in [0.29, 0.717) is 18.7 Å². The molecule has 0 unspecified atom stereocenters. The molecule has 0 fully saturated rings. The summed E-state index contributed by atoms with van der Waals surface area (Å²) in [7, 11) is 1.88. The van der Waals surface area contributed by atoms with Crippen molar-refractivity contribution in [2.45, 2.75) is 19.9 Å². The lowest BCUT2D eigenvalue weighted by Crippen LogP contribution is -2.17. The number of aromatic nitrogens is 2. The summed E-state index contributed by atoms with van der Waals surface area (Å²) in [6, 6.07) is 2.59. The lowest BCUT2D eigenvalue weighted by molar-refractivity contribution is 0.294. The Morgan fingerprint density at radius 2 is 2.27 bits per heavy atom. The number of nitrogens with zero attached hydrogens (tertiary/aromatic N) is 2. The van der Waals surface area contributed by atoms with Crippen LogP contribution >= 0.6 is 0 Å². The van der Waals surface area contributed by atoms with Gasteiger partial charge in [0, 0.05) is 18.8 Å². The first kappa shape index (κ1) is 11.7. The monoisotopic (exact) mass is 210 g/mol. The van der Waals surface area contributed by atoms with Crippen molar-refractivity contribution in [1.82, 2.24) is 15.3 Å². The van der Waals surface area contributed by atoms with E-state index in [4.69, 9.17) is 4.74 Å². The number of hydrogen-bond donors (Lipinski definition) is 2. The first-order valence-electron chi connectivity index (χ1n) is 5.09. The highest BCUT2D eigenvalue weighted by molar-refractivity contribution is 5.34. The van der Waals surface area contributed by atoms with Gasteiger partial charge in [-0.05, 0) is 27.0 Å². The molecule has 0 aliphatic rings. The fourth-order valence-corrected chi connectivity index (χ4v) is 1.03. The summed E-state index contributed by atoms with van der Waals surface area (Å²) >= 11 is 0. The van der Waals surface area contributed by atoms with Crippen LogP contribution in [0.15, 0.2) is 12.3 Å². The van der Waals surface area contributed by atoms with Crippen molar-refractivity contribution in [2.75, 3.05) is 25.5 Å². The van der Waals surface area contributed by atoms with Crippen molar-refractivity contribution >= 4 is 5.82 Å². The number of hydrogen-bond acceptors (Lipinski definition) is 5. The lowest BCUT2D eigenvalue weighted by atomic mass is 10.4. The van der Waals surface area contributed by atoms with Gasteiger partial charge in [-0.15, -0.1) is 0 Å². The lowest BCUT2D eigenvalue weighted by Gasteiger charge is -2.09. The highest BCUT2D eigenvalue weighted by Crippen LogP contribution is 2.08. The molecule has 0 aliphatic carbocycles. The summed E-state index contributed by atoms with van der Waals surface area (Å²) < 4.78 is 5.34. The second-order valence-corrected chi connectivity index (χ2v) is 3.48. The fourth-order valence-electron chi connectivity index (χ4n) is 1.03. The Bertz CT molecular complexity index is 291. The van der Waals surface area contributed by atoms with Gasteiger partial charge in [-0.25, -0.2) is 4.98 Å². The molecule has 0 spiro atoms. The van der Waals surface area contributed by atoms with E-state index in [1.165, 1.54) is 0 Å². The quantitative estimate of drug-likeness (QED) is 0.683. The Morgan fingerprint density at radius 1 is 1.47 bits per heavy atom. The van der Waals surface area contributed by atoms with Crippen LogP contribution in [-0.2, 0) is 0 Å². The summed E-state index contributed by atoms with van der Waals surface area (Å²) in [4.78, 5) is 8.23. The van der Waals surface area contributed by atoms with Crippen molar-refractivity contribution in [2.24, 2.45) is 0 Å². The van der Waals surface area contributed by atoms with Gasteiger partial charge in [0.05, 0.1) is 0 Å². The zero-order valence-electron chi connectivity index (χ0n) is 9.45. The van der Waals surface area contributed by atoms with E-state index >= 15 is 0 Å². The number of rotatable bonds is 6. The van der Waals surface area contributed by atoms with E-state index in [0.717, 1.165) is 12.4 Å². The van der Waals surface area contributed by atoms with E-state index < -0.39 is 0 Å². The normalized spacial score (nSPS) is 10.4. The predicted octanol–water partition coefficient (Wildman–Crippen LogP) is 0.895. The van der Waals surface area contributed by atoms with Crippen LogP contribution in [0, 0.1) is 0 Å². The minimum absolute atomic E-state index is 0.352. The Kier molecular flexibility index (Phi) is 4.83. The van der Waals surface area contributed by atoms with E-state index in [1.807, 2.05) is 13.1 Å². The molecule has 5 heteroatoms. The molecule has 2 N–H and O–H groups in total. The third kappa shape index (κ3) is 4.60. The second kappa shape index (κ2) is 6.19. The number of nitrogens with one attached hydrogen (secondary N) is 2. The summed E-state index contributed by atoms with van der Waals surface area (Å²) in [5.74, 6) is 0.791. The minimum Gasteiger partial charge on any atom is -0.462 e. The molecule has 0 saturated carbocycles. The summed E-state index contributed by atoms with van der Waals surface area (Å²) in [6.07, 6.45) is 1.69. The molecule has 0 atom stereocenters. The molecule has 15 heavy (non-hydrogen) atoms. The Hall–Kier alpha value is -1.36. The van der Waals surface area contributed by atoms with Gasteiger partial charge in [0.2, 0.25) is 0 Å². The summed E-state index contributed by atoms with van der Waals surface area (Å²) in [5, 5.41) is 6.18. The molecule has 1 aromatic rings. The first-order valence-corrected chi connectivity index (χ1v) is 5.09. The smallest absolute Gasteiger partial charge is 0.318 e. The number of ether oxygens (including phenoxy) is 1. The third-order valence-corrected chi connectivity index (χ3v) is 1.65. The standard InChI is InChI=1S/C10H18N4O/c1-8(2)13-9-4-5-12-10(14-9)15-7-6-11-3/h4-5,8,11H,6-7H2,1-3H3,(H,12,13,14). The highest BCUT2D eigenvalue weighted by atomic mass is 16.5. The molecule has 1 aromatic heterocycles. The number of anilines is 1. The van der Waals surface area contributed by atoms with Gasteiger partial charge in [0.15, 0.2) is 0 Å². The molecule has 0 aromatic carbocycles. The largest absolute Gasteiger partial charge is 0.462 e. The molecular formula is C10H18N4O. The molecule has 84 valence electrons. The van der Waals surface area contributed by atoms with Crippen LogP contribution < -0.4 is 15.4 Å². The molecule has 5 nitrogen and oxygen atoms in total. The fraction of sp³-hybridized carbons (Fsp3) is 0.600. The first-order chi connectivity index (χ1) is 7.22. The average molecular weight is 210 g/mol. The van der Waals surface area contributed by atoms with Crippen LogP contribution in [-0.4, -0.2) is 36.2 Å². The molecule has 0 saturated heterocycles. The van der Waals surface area contributed by atoms with Crippen molar-refractivity contribution < 1.29 is 4.74 Å². The van der Waals surface area contributed by atoms with Gasteiger partial charge >= 0.3 is 6.01 Å². The van der Waals surface area contributed by atoms with Crippen LogP contribution in [0.1, 0.15) is 13.8 Å². The maximum atomic E-state index is 5.34. The SMILES string of the molecule is CNCCOc1nccc(NC(C)C)n1. The maximum Gasteiger partial charge on any atom is 0.318 e. The van der Waals surface area contributed by atoms with E-state index in [9.17, 15) is 0 Å². The zero-order valence-corrected chi connectivity index (χ0v) is 9.45. The van der Waals surface area contributed by atoms with E-state index in [1.54, 1.807) is 6.20 Å². The van der Waals surface area contributed by atoms with Gasteiger partial charge in [0.1, 0.15) is 12.4 Å². The van der Waals surface area contributed by atoms with Crippen LogP contribution in [0.4, 0.5) is 5.82 Å². The maximum absolute atomic E-state index is 5.34. The molecule has 1 heterocycles. The van der Waals surface area contributed by atoms with Crippen molar-refractivity contribution in [3.05, 3.63) is 12.3 Å². The Balaban J connectivity index is 2.50. The molecule has 1 rings (SSSR count). The van der Waals surface area contributed by atoms with Crippen LogP contribution in [0.5, 0.6) is 6.01 Å². The van der Waals surface area contributed by atoms with E-state index in [2.05, 4.69) is 34.4 Å². The highest BCUT2D eigenvalue weighted by Gasteiger charge is 2.00. The molecule has 0 bridgehead atoms. The average Bonchev–Trinajstić information content (AvgIpc) is 2.18. The van der Waals surface area contributed by atoms with Gasteiger partial charge in [-0.3, -0.25) is 0 Å². The van der Waals surface area contributed by atoms with Gasteiger partial charge < -0.3 is 15.4 Å². The molecule has 0 amide bonds. The molecular weight excluding hydrogens is 192 g/mol. The minimum atomic E-state index is 0.352. The van der Waals surface area contributed by atoms with Crippen LogP contribution in [0.3, 0.4) is 0 Å². The number of likely N-dealkylation sites (N-methyl/N-ethyl adjacent to an activating group) is 1. The molecule has 0 radical (unpaired) electrons. The molecule has 0 aliphatic heterocycles. The predicted molar refractivity (Wildman–Crippen MR) is 60.2 cm³/mol. The van der Waals surface area contributed by atoms with Crippen LogP contribution in [0.2, 0.25) is 0 Å². The Labute approximate surface area is 90.3 Å². The van der Waals surface area contributed by atoms with Crippen molar-refractivity contribution in [3.8, 4) is 6.01 Å². The van der Waals surface area contributed by atoms with Crippen molar-refractivity contribution in [1.29, 1.82) is 0 Å². The van der Waals surface area contributed by atoms with E-state index in [-0.39, 0.29) is 0 Å². The van der Waals surface area contributed by atoms with Gasteiger partial charge in [-0.1, -0.05) is 0 Å². The third-order valence-electron chi connectivity index (χ3n) is 1.65. The topological polar surface area (TPSA) is 59.1 Å². The summed E-state index contributed by atoms with van der Waals surface area (Å²) in [5.41, 5.74) is 0. The van der Waals surface area contributed by atoms with Crippen LogP contribution in [0.25, 0.3) is 0 Å². The Morgan fingerprint density at radius 3 is 2.93 bits per heavy atom. The van der Waals surface area contributed by atoms with Gasteiger partial charge in [0.25, 0.3) is 0 Å². The second-order valence-electron chi connectivity index (χ2n) is 3.48. The van der Waals surface area contributed by atoms with Crippen molar-refractivity contribution in [3.63, 3.8) is 0 Å². The van der Waals surface area contributed by atoms with Gasteiger partial charge in [-0.2, -0.15) is 4.98 Å².